The maximum Gasteiger partial charge on any atom is 0.253 e. The molecule has 5 nitrogen and oxygen atoms in total. The molecule has 2 N–H and O–H groups in total. The van der Waals surface area contributed by atoms with Gasteiger partial charge in [0.25, 0.3) is 5.91 Å². The largest absolute Gasteiger partial charge is 0.508 e. The number of nitrogens with zero attached hydrogens (tertiary/aromatic N) is 2. The molecule has 1 heterocycles. The molecule has 31 heavy (non-hydrogen) atoms. The summed E-state index contributed by atoms with van der Waals surface area (Å²) >= 11 is 0. The zero-order chi connectivity index (χ0) is 22.1. The summed E-state index contributed by atoms with van der Waals surface area (Å²) in [6.45, 7) is 6.00. The summed E-state index contributed by atoms with van der Waals surface area (Å²) in [5.41, 5.74) is 0.198. The molecule has 2 aromatic rings. The summed E-state index contributed by atoms with van der Waals surface area (Å²) in [5.74, 6) is 0.213. The van der Waals surface area contributed by atoms with Gasteiger partial charge in [0.15, 0.2) is 0 Å². The number of hydrogen-bond acceptors (Lipinski definition) is 4. The molecule has 164 valence electrons. The molecule has 2 aliphatic rings. The van der Waals surface area contributed by atoms with Gasteiger partial charge in [0.1, 0.15) is 5.75 Å². The number of benzene rings is 2. The number of carbonyl (C=O) groups excluding carboxylic acids is 1. The Morgan fingerprint density at radius 1 is 1.23 bits per heavy atom. The molecule has 5 heteroatoms. The maximum atomic E-state index is 13.1. The molecule has 1 saturated carbocycles. The summed E-state index contributed by atoms with van der Waals surface area (Å²) in [6, 6.07) is 16.7. The van der Waals surface area contributed by atoms with Gasteiger partial charge in [0.2, 0.25) is 0 Å². The van der Waals surface area contributed by atoms with Gasteiger partial charge in [-0.2, -0.15) is 0 Å². The van der Waals surface area contributed by atoms with E-state index in [2.05, 4.69) is 11.5 Å². The average molecular weight is 421 g/mol. The van der Waals surface area contributed by atoms with Crippen LogP contribution in [-0.2, 0) is 5.41 Å². The predicted octanol–water partition coefficient (Wildman–Crippen LogP) is 3.58. The van der Waals surface area contributed by atoms with Crippen LogP contribution in [0.1, 0.15) is 41.6 Å². The second-order valence-electron chi connectivity index (χ2n) is 9.12. The lowest BCUT2D eigenvalue weighted by Crippen LogP contribution is -2.67. The molecule has 0 radical (unpaired) electrons. The maximum absolute atomic E-state index is 13.1. The molecule has 0 unspecified atom stereocenters. The number of likely N-dealkylation sites (tertiary alicyclic amines) is 1. The van der Waals surface area contributed by atoms with Crippen molar-refractivity contribution in [3.63, 3.8) is 0 Å². The molecule has 3 atom stereocenters. The minimum absolute atomic E-state index is 0.00573. The first-order valence-corrected chi connectivity index (χ1v) is 11.1. The Kier molecular flexibility index (Phi) is 5.91. The van der Waals surface area contributed by atoms with E-state index in [4.69, 9.17) is 0 Å². The van der Waals surface area contributed by atoms with Crippen molar-refractivity contribution < 1.29 is 15.0 Å². The van der Waals surface area contributed by atoms with Crippen molar-refractivity contribution in [3.8, 4) is 5.75 Å². The zero-order valence-electron chi connectivity index (χ0n) is 18.2. The van der Waals surface area contributed by atoms with Crippen molar-refractivity contribution in [2.45, 2.75) is 42.7 Å². The summed E-state index contributed by atoms with van der Waals surface area (Å²) < 4.78 is 0. The number of fused-ring (bicyclic) bond motifs is 1. The van der Waals surface area contributed by atoms with E-state index < -0.39 is 11.0 Å². The molecule has 1 aliphatic carbocycles. The van der Waals surface area contributed by atoms with Gasteiger partial charge in [0, 0.05) is 37.2 Å². The minimum atomic E-state index is -0.921. The lowest BCUT2D eigenvalue weighted by Gasteiger charge is -2.59. The van der Waals surface area contributed by atoms with Gasteiger partial charge < -0.3 is 15.1 Å². The van der Waals surface area contributed by atoms with Crippen LogP contribution >= 0.6 is 0 Å². The van der Waals surface area contributed by atoms with Crippen LogP contribution in [0.5, 0.6) is 5.75 Å². The Labute approximate surface area is 184 Å². The number of phenolic OH excluding ortho intramolecular Hbond substituents is 1. The predicted molar refractivity (Wildman–Crippen MR) is 122 cm³/mol. The second kappa shape index (κ2) is 8.48. The van der Waals surface area contributed by atoms with Crippen molar-refractivity contribution in [1.29, 1.82) is 0 Å². The zero-order valence-corrected chi connectivity index (χ0v) is 18.2. The van der Waals surface area contributed by atoms with Crippen LogP contribution < -0.4 is 0 Å². The van der Waals surface area contributed by atoms with Crippen molar-refractivity contribution in [3.05, 3.63) is 78.4 Å². The molecule has 4 rings (SSSR count). The van der Waals surface area contributed by atoms with E-state index in [9.17, 15) is 15.0 Å². The number of hydrogen-bond donors (Lipinski definition) is 2. The first-order chi connectivity index (χ1) is 14.9. The second-order valence-corrected chi connectivity index (χ2v) is 9.12. The van der Waals surface area contributed by atoms with E-state index in [1.165, 1.54) is 0 Å². The van der Waals surface area contributed by atoms with Crippen LogP contribution in [-0.4, -0.2) is 64.2 Å². The number of rotatable bonds is 5. The van der Waals surface area contributed by atoms with Crippen LogP contribution in [0.15, 0.2) is 67.3 Å². The molecule has 0 spiro atoms. The summed E-state index contributed by atoms with van der Waals surface area (Å²) in [6.07, 6.45) is 4.67. The van der Waals surface area contributed by atoms with E-state index in [0.717, 1.165) is 31.5 Å². The number of phenols is 1. The first kappa shape index (κ1) is 21.6. The quantitative estimate of drug-likeness (QED) is 0.726. The number of carbonyl (C=O) groups is 1. The van der Waals surface area contributed by atoms with Crippen molar-refractivity contribution >= 4 is 5.91 Å². The Morgan fingerprint density at radius 3 is 2.71 bits per heavy atom. The van der Waals surface area contributed by atoms with Gasteiger partial charge in [-0.25, -0.2) is 0 Å². The van der Waals surface area contributed by atoms with Gasteiger partial charge in [0.05, 0.1) is 5.60 Å². The van der Waals surface area contributed by atoms with Gasteiger partial charge in [-0.05, 0) is 62.1 Å². The molecule has 2 aromatic carbocycles. The van der Waals surface area contributed by atoms with Gasteiger partial charge in [-0.1, -0.05) is 36.4 Å². The summed E-state index contributed by atoms with van der Waals surface area (Å²) in [7, 11) is 1.87. The van der Waals surface area contributed by atoms with Crippen LogP contribution in [0.3, 0.4) is 0 Å². The van der Waals surface area contributed by atoms with E-state index in [1.807, 2.05) is 60.5 Å². The first-order valence-electron chi connectivity index (χ1n) is 11.1. The van der Waals surface area contributed by atoms with Crippen molar-refractivity contribution in [2.75, 3.05) is 26.7 Å². The van der Waals surface area contributed by atoms with Crippen LogP contribution in [0.25, 0.3) is 0 Å². The summed E-state index contributed by atoms with van der Waals surface area (Å²) in [5, 5.41) is 22.2. The fourth-order valence-corrected chi connectivity index (χ4v) is 5.66. The van der Waals surface area contributed by atoms with E-state index in [1.54, 1.807) is 12.1 Å². The third-order valence-corrected chi connectivity index (χ3v) is 7.38. The SMILES string of the molecule is C=CCN1CC[C@@]2(c3cccc(O)c3)C[C@H](N(C)C(=O)c3ccccc3)CC[C@]2(O)C1. The Morgan fingerprint density at radius 2 is 2.00 bits per heavy atom. The van der Waals surface area contributed by atoms with Crippen LogP contribution in [0, 0.1) is 0 Å². The van der Waals surface area contributed by atoms with Gasteiger partial charge in [-0.3, -0.25) is 9.69 Å². The smallest absolute Gasteiger partial charge is 0.253 e. The molecule has 0 aromatic heterocycles. The monoisotopic (exact) mass is 420 g/mol. The normalized spacial score (nSPS) is 28.5. The molecule has 1 saturated heterocycles. The number of β-amino-alcohol motifs (C(OH)–C–C–N with tert-alkyl or cyclic N) is 1. The number of amides is 1. The standard InChI is InChI=1S/C26H32N2O3/c1-3-15-28-16-14-25(21-10-7-11-23(29)17-21)18-22(12-13-26(25,31)19-28)27(2)24(30)20-8-5-4-6-9-20/h3-11,17,22,29,31H,1,12-16,18-19H2,2H3/t22-,25+,26+/m1/s1. The third-order valence-electron chi connectivity index (χ3n) is 7.38. The number of piperidine rings is 1. The van der Waals surface area contributed by atoms with Crippen LogP contribution in [0.4, 0.5) is 0 Å². The average Bonchev–Trinajstić information content (AvgIpc) is 2.78. The van der Waals surface area contributed by atoms with E-state index >= 15 is 0 Å². The molecular formula is C26H32N2O3. The molecular weight excluding hydrogens is 388 g/mol. The fourth-order valence-electron chi connectivity index (χ4n) is 5.66. The van der Waals surface area contributed by atoms with Crippen molar-refractivity contribution in [2.24, 2.45) is 0 Å². The number of aromatic hydroxyl groups is 1. The molecule has 1 aliphatic heterocycles. The molecule has 1 amide bonds. The highest BCUT2D eigenvalue weighted by Crippen LogP contribution is 2.52. The van der Waals surface area contributed by atoms with Crippen molar-refractivity contribution in [1.82, 2.24) is 9.80 Å². The Hall–Kier alpha value is -2.63. The minimum Gasteiger partial charge on any atom is -0.508 e. The third kappa shape index (κ3) is 3.88. The lowest BCUT2D eigenvalue weighted by atomic mass is 9.55. The Bertz CT molecular complexity index is 947. The Balaban J connectivity index is 1.68. The molecule has 2 fully saturated rings. The van der Waals surface area contributed by atoms with E-state index in [0.29, 0.717) is 24.9 Å². The fraction of sp³-hybridized carbons (Fsp3) is 0.423. The highest BCUT2D eigenvalue weighted by molar-refractivity contribution is 5.94. The lowest BCUT2D eigenvalue weighted by molar-refractivity contribution is -0.130. The van der Waals surface area contributed by atoms with E-state index in [-0.39, 0.29) is 17.7 Å². The number of aliphatic hydroxyl groups is 1. The highest BCUT2D eigenvalue weighted by atomic mass is 16.3. The van der Waals surface area contributed by atoms with Gasteiger partial charge >= 0.3 is 0 Å². The topological polar surface area (TPSA) is 64.0 Å². The summed E-state index contributed by atoms with van der Waals surface area (Å²) in [4.78, 5) is 17.2. The highest BCUT2D eigenvalue weighted by Gasteiger charge is 2.58. The van der Waals surface area contributed by atoms with Gasteiger partial charge in [-0.15, -0.1) is 6.58 Å². The molecule has 0 bridgehead atoms. The van der Waals surface area contributed by atoms with Crippen LogP contribution in [0.2, 0.25) is 0 Å².